The van der Waals surface area contributed by atoms with E-state index in [2.05, 4.69) is 96.3 Å². The number of carbonyl (C=O) groups is 1. The first-order chi connectivity index (χ1) is 21.2. The van der Waals surface area contributed by atoms with Crippen molar-refractivity contribution in [1.82, 2.24) is 5.32 Å². The van der Waals surface area contributed by atoms with E-state index < -0.39 is 0 Å². The molecule has 1 aliphatic heterocycles. The van der Waals surface area contributed by atoms with Crippen molar-refractivity contribution in [3.63, 3.8) is 0 Å². The zero-order valence-electron chi connectivity index (χ0n) is 24.9. The van der Waals surface area contributed by atoms with Gasteiger partial charge in [-0.2, -0.15) is 0 Å². The van der Waals surface area contributed by atoms with Crippen molar-refractivity contribution in [1.29, 1.82) is 0 Å². The van der Waals surface area contributed by atoms with Crippen molar-refractivity contribution < 1.29 is 14.3 Å². The molecule has 4 aromatic rings. The van der Waals surface area contributed by atoms with E-state index in [0.717, 1.165) is 31.2 Å². The van der Waals surface area contributed by atoms with Gasteiger partial charge in [-0.25, -0.2) is 0 Å². The molecule has 1 amide bonds. The van der Waals surface area contributed by atoms with Crippen LogP contribution in [0.25, 0.3) is 0 Å². The Morgan fingerprint density at radius 1 is 0.535 bits per heavy atom. The predicted octanol–water partition coefficient (Wildman–Crippen LogP) is 7.18. The number of rotatable bonds is 10. The summed E-state index contributed by atoms with van der Waals surface area (Å²) in [6, 6.07) is 41.5. The minimum atomic E-state index is -0.341. The summed E-state index contributed by atoms with van der Waals surface area (Å²) in [6.07, 6.45) is 8.34. The van der Waals surface area contributed by atoms with Crippen LogP contribution in [0.5, 0.6) is 0 Å². The van der Waals surface area contributed by atoms with Crippen LogP contribution in [0.3, 0.4) is 0 Å². The lowest BCUT2D eigenvalue weighted by molar-refractivity contribution is -0.132. The van der Waals surface area contributed by atoms with Crippen LogP contribution < -0.4 is 5.32 Å². The average molecular weight is 574 g/mol. The first kappa shape index (κ1) is 30.5. The summed E-state index contributed by atoms with van der Waals surface area (Å²) in [6.45, 7) is 0.926. The van der Waals surface area contributed by atoms with Crippen molar-refractivity contribution in [2.24, 2.45) is 5.92 Å². The van der Waals surface area contributed by atoms with Gasteiger partial charge in [0.15, 0.2) is 0 Å². The second kappa shape index (κ2) is 16.6. The van der Waals surface area contributed by atoms with Crippen molar-refractivity contribution >= 4 is 5.91 Å². The highest BCUT2D eigenvalue weighted by Crippen LogP contribution is 2.23. The van der Waals surface area contributed by atoms with Gasteiger partial charge in [0.2, 0.25) is 5.91 Å². The van der Waals surface area contributed by atoms with E-state index in [0.29, 0.717) is 26.1 Å². The summed E-state index contributed by atoms with van der Waals surface area (Å²) in [7, 11) is 0. The maximum Gasteiger partial charge on any atom is 0.226 e. The van der Waals surface area contributed by atoms with Gasteiger partial charge in [-0.15, -0.1) is 0 Å². The van der Waals surface area contributed by atoms with E-state index in [-0.39, 0.29) is 30.1 Å². The molecule has 0 unspecified atom stereocenters. The maximum atomic E-state index is 14.4. The number of hydrogen-bond acceptors (Lipinski definition) is 3. The third kappa shape index (κ3) is 9.77. The summed E-state index contributed by atoms with van der Waals surface area (Å²) < 4.78 is 13.0. The number of ether oxygens (including phenoxy) is 2. The molecule has 1 N–H and O–H groups in total. The Morgan fingerprint density at radius 3 is 1.47 bits per heavy atom. The Balaban J connectivity index is 1.43. The van der Waals surface area contributed by atoms with E-state index in [1.807, 2.05) is 42.5 Å². The Hall–Kier alpha value is -3.99. The van der Waals surface area contributed by atoms with Gasteiger partial charge in [-0.3, -0.25) is 4.79 Å². The van der Waals surface area contributed by atoms with E-state index in [1.54, 1.807) is 0 Å². The Labute approximate surface area is 256 Å². The molecule has 0 aliphatic carbocycles. The van der Waals surface area contributed by atoms with Crippen LogP contribution in [0, 0.1) is 5.92 Å². The number of benzene rings is 4. The zero-order chi connectivity index (χ0) is 29.5. The summed E-state index contributed by atoms with van der Waals surface area (Å²) in [4.78, 5) is 14.4. The molecule has 0 radical (unpaired) electrons. The monoisotopic (exact) mass is 573 g/mol. The van der Waals surface area contributed by atoms with Gasteiger partial charge in [0.05, 0.1) is 37.4 Å². The van der Waals surface area contributed by atoms with Crippen molar-refractivity contribution in [3.05, 3.63) is 156 Å². The number of nitrogens with one attached hydrogen (secondary N) is 1. The molecule has 5 rings (SSSR count). The SMILES string of the molecule is O=C1N[C@@H](Cc2ccccc2)[C@@H](CCc2ccccc2)OC/C=C\CO[C@H](CCc2ccccc2)[C@@H]1Cc1ccccc1. The van der Waals surface area contributed by atoms with E-state index in [9.17, 15) is 4.79 Å². The largest absolute Gasteiger partial charge is 0.373 e. The molecule has 1 aliphatic rings. The molecule has 0 spiro atoms. The minimum Gasteiger partial charge on any atom is -0.373 e. The third-order valence-electron chi connectivity index (χ3n) is 8.26. The quantitative estimate of drug-likeness (QED) is 0.205. The van der Waals surface area contributed by atoms with Crippen molar-refractivity contribution in [2.45, 2.75) is 56.8 Å². The van der Waals surface area contributed by atoms with Crippen LogP contribution in [0.15, 0.2) is 133 Å². The molecule has 4 atom stereocenters. The molecule has 0 fully saturated rings. The molecular formula is C39H43NO3. The van der Waals surface area contributed by atoms with Gasteiger partial charge >= 0.3 is 0 Å². The zero-order valence-corrected chi connectivity index (χ0v) is 24.9. The topological polar surface area (TPSA) is 47.6 Å². The Morgan fingerprint density at radius 2 is 0.953 bits per heavy atom. The lowest BCUT2D eigenvalue weighted by Gasteiger charge is -2.33. The molecule has 222 valence electrons. The minimum absolute atomic E-state index is 0.0284. The van der Waals surface area contributed by atoms with Gasteiger partial charge in [-0.05, 0) is 60.8 Å². The van der Waals surface area contributed by atoms with Crippen molar-refractivity contribution in [2.75, 3.05) is 13.2 Å². The number of carbonyl (C=O) groups excluding carboxylic acids is 1. The third-order valence-corrected chi connectivity index (χ3v) is 8.26. The van der Waals surface area contributed by atoms with Crippen LogP contribution in [-0.2, 0) is 40.0 Å². The highest BCUT2D eigenvalue weighted by atomic mass is 16.5. The summed E-state index contributed by atoms with van der Waals surface area (Å²) in [5.41, 5.74) is 4.84. The second-order valence-electron chi connectivity index (χ2n) is 11.4. The molecule has 4 nitrogen and oxygen atoms in total. The fraction of sp³-hybridized carbons (Fsp3) is 0.308. The van der Waals surface area contributed by atoms with Gasteiger partial charge in [-0.1, -0.05) is 133 Å². The van der Waals surface area contributed by atoms with E-state index in [1.165, 1.54) is 16.7 Å². The van der Waals surface area contributed by atoms with E-state index >= 15 is 0 Å². The van der Waals surface area contributed by atoms with Gasteiger partial charge in [0.1, 0.15) is 0 Å². The standard InChI is InChI=1S/C39H43NO3/c41-39-35(29-33-19-9-3-10-20-33)37(25-23-31-15-5-1-6-16-31)42-27-13-14-28-43-38(26-24-32-17-7-2-8-18-32)36(40-39)30-34-21-11-4-12-22-34/h1-22,35-38H,23-30H2,(H,40,41)/b14-13-/t35-,36-,37+,38+/m0/s1. The fourth-order valence-electron chi connectivity index (χ4n) is 5.90. The summed E-state index contributed by atoms with van der Waals surface area (Å²) >= 11 is 0. The van der Waals surface area contributed by atoms with Crippen LogP contribution >= 0.6 is 0 Å². The van der Waals surface area contributed by atoms with E-state index in [4.69, 9.17) is 9.47 Å². The van der Waals surface area contributed by atoms with Crippen LogP contribution in [0.4, 0.5) is 0 Å². The lowest BCUT2D eigenvalue weighted by Crippen LogP contribution is -2.51. The maximum absolute atomic E-state index is 14.4. The molecule has 4 aromatic carbocycles. The van der Waals surface area contributed by atoms with Crippen LogP contribution in [0.1, 0.15) is 35.1 Å². The molecule has 43 heavy (non-hydrogen) atoms. The smallest absolute Gasteiger partial charge is 0.226 e. The first-order valence-corrected chi connectivity index (χ1v) is 15.6. The highest BCUT2D eigenvalue weighted by molar-refractivity contribution is 5.80. The average Bonchev–Trinajstić information content (AvgIpc) is 3.05. The summed E-state index contributed by atoms with van der Waals surface area (Å²) in [5, 5.41) is 3.50. The number of amides is 1. The molecule has 1 heterocycles. The summed E-state index contributed by atoms with van der Waals surface area (Å²) in [5.74, 6) is -0.312. The Bertz CT molecular complexity index is 1380. The van der Waals surface area contributed by atoms with Crippen LogP contribution in [-0.4, -0.2) is 37.4 Å². The molecule has 0 bridgehead atoms. The molecular weight excluding hydrogens is 530 g/mol. The molecule has 4 heteroatoms. The first-order valence-electron chi connectivity index (χ1n) is 15.6. The van der Waals surface area contributed by atoms with Gasteiger partial charge in [0, 0.05) is 0 Å². The number of aryl methyl sites for hydroxylation is 2. The second-order valence-corrected chi connectivity index (χ2v) is 11.4. The highest BCUT2D eigenvalue weighted by Gasteiger charge is 2.33. The normalized spacial score (nSPS) is 22.1. The van der Waals surface area contributed by atoms with Crippen LogP contribution in [0.2, 0.25) is 0 Å². The molecule has 0 saturated carbocycles. The van der Waals surface area contributed by atoms with Gasteiger partial charge in [0.25, 0.3) is 0 Å². The fourth-order valence-corrected chi connectivity index (χ4v) is 5.90. The van der Waals surface area contributed by atoms with Crippen molar-refractivity contribution in [3.8, 4) is 0 Å². The molecule has 0 saturated heterocycles. The number of hydrogen-bond donors (Lipinski definition) is 1. The lowest BCUT2D eigenvalue weighted by atomic mass is 9.88. The van der Waals surface area contributed by atoms with Gasteiger partial charge < -0.3 is 14.8 Å². The molecule has 0 aromatic heterocycles. The Kier molecular flexibility index (Phi) is 11.8. The predicted molar refractivity (Wildman–Crippen MR) is 174 cm³/mol.